The minimum Gasteiger partial charge on any atom is -0.331 e. The molecule has 1 unspecified atom stereocenters. The Balaban J connectivity index is 2.27. The van der Waals surface area contributed by atoms with Crippen LogP contribution in [0, 0.1) is 0 Å². The van der Waals surface area contributed by atoms with Gasteiger partial charge >= 0.3 is 0 Å². The average molecular weight is 348 g/mol. The number of nitrogens with zero attached hydrogens (tertiary/aromatic N) is 1. The van der Waals surface area contributed by atoms with Gasteiger partial charge < -0.3 is 4.90 Å². The lowest BCUT2D eigenvalue weighted by Gasteiger charge is -2.27. The van der Waals surface area contributed by atoms with Crippen LogP contribution in [-0.2, 0) is 9.84 Å². The van der Waals surface area contributed by atoms with Crippen molar-refractivity contribution in [3.63, 3.8) is 0 Å². The van der Waals surface area contributed by atoms with Crippen LogP contribution in [-0.4, -0.2) is 43.3 Å². The van der Waals surface area contributed by atoms with Crippen molar-refractivity contribution in [3.8, 4) is 0 Å². The molecule has 0 N–H and O–H groups in total. The zero-order valence-electron chi connectivity index (χ0n) is 11.3. The standard InChI is InChI=1S/C14H15Cl2NO3S/c1-2-6-17(11-5-7-21(19,20)9-11)14(18)10-3-4-12(15)13(16)8-10/h2-4,8,11H,1,5-7,9H2. The molecule has 1 heterocycles. The normalized spacial score (nSPS) is 20.2. The van der Waals surface area contributed by atoms with Gasteiger partial charge in [-0.25, -0.2) is 8.42 Å². The Morgan fingerprint density at radius 1 is 1.38 bits per heavy atom. The fourth-order valence-corrected chi connectivity index (χ4v) is 4.38. The first-order valence-corrected chi connectivity index (χ1v) is 8.99. The van der Waals surface area contributed by atoms with Gasteiger partial charge in [0.2, 0.25) is 0 Å². The highest BCUT2D eigenvalue weighted by Gasteiger charge is 2.34. The predicted octanol–water partition coefficient (Wildman–Crippen LogP) is 2.81. The third-order valence-electron chi connectivity index (χ3n) is 3.40. The molecule has 1 aromatic rings. The fourth-order valence-electron chi connectivity index (χ4n) is 2.35. The van der Waals surface area contributed by atoms with Crippen LogP contribution < -0.4 is 0 Å². The molecule has 0 bridgehead atoms. The van der Waals surface area contributed by atoms with Crippen molar-refractivity contribution in [3.05, 3.63) is 46.5 Å². The Morgan fingerprint density at radius 2 is 2.10 bits per heavy atom. The van der Waals surface area contributed by atoms with E-state index in [1.165, 1.54) is 11.0 Å². The van der Waals surface area contributed by atoms with E-state index in [2.05, 4.69) is 6.58 Å². The van der Waals surface area contributed by atoms with Crippen LogP contribution >= 0.6 is 23.2 Å². The zero-order valence-corrected chi connectivity index (χ0v) is 13.6. The predicted molar refractivity (Wildman–Crippen MR) is 84.8 cm³/mol. The molecule has 114 valence electrons. The number of hydrogen-bond donors (Lipinski definition) is 0. The summed E-state index contributed by atoms with van der Waals surface area (Å²) in [6.45, 7) is 3.92. The van der Waals surface area contributed by atoms with E-state index in [0.717, 1.165) is 0 Å². The Kier molecular flexibility index (Phi) is 4.96. The number of amides is 1. The minimum atomic E-state index is -3.06. The Bertz CT molecular complexity index is 673. The maximum absolute atomic E-state index is 12.6. The molecule has 1 saturated heterocycles. The van der Waals surface area contributed by atoms with Crippen LogP contribution in [0.2, 0.25) is 10.0 Å². The average Bonchev–Trinajstić information content (AvgIpc) is 2.78. The van der Waals surface area contributed by atoms with Gasteiger partial charge in [0.1, 0.15) is 0 Å². The topological polar surface area (TPSA) is 54.5 Å². The van der Waals surface area contributed by atoms with Crippen molar-refractivity contribution in [1.29, 1.82) is 0 Å². The summed E-state index contributed by atoms with van der Waals surface area (Å²) in [5.41, 5.74) is 0.385. The summed E-state index contributed by atoms with van der Waals surface area (Å²) in [6.07, 6.45) is 2.03. The monoisotopic (exact) mass is 347 g/mol. The molecule has 0 aromatic heterocycles. The van der Waals surface area contributed by atoms with Crippen LogP contribution in [0.4, 0.5) is 0 Å². The third-order valence-corrected chi connectivity index (χ3v) is 5.89. The van der Waals surface area contributed by atoms with E-state index in [4.69, 9.17) is 23.2 Å². The van der Waals surface area contributed by atoms with Gasteiger partial charge in [0.05, 0.1) is 21.6 Å². The van der Waals surface area contributed by atoms with Crippen LogP contribution in [0.3, 0.4) is 0 Å². The second kappa shape index (κ2) is 6.38. The number of sulfone groups is 1. The van der Waals surface area contributed by atoms with Gasteiger partial charge in [-0.2, -0.15) is 0 Å². The minimum absolute atomic E-state index is 0.00605. The van der Waals surface area contributed by atoms with Gasteiger partial charge in [0, 0.05) is 18.2 Å². The van der Waals surface area contributed by atoms with E-state index in [0.29, 0.717) is 28.6 Å². The maximum Gasteiger partial charge on any atom is 0.254 e. The quantitative estimate of drug-likeness (QED) is 0.787. The van der Waals surface area contributed by atoms with Crippen molar-refractivity contribution in [2.24, 2.45) is 0 Å². The lowest BCUT2D eigenvalue weighted by atomic mass is 10.1. The van der Waals surface area contributed by atoms with Crippen molar-refractivity contribution in [1.82, 2.24) is 4.90 Å². The molecule has 1 aliphatic heterocycles. The van der Waals surface area contributed by atoms with Crippen LogP contribution in [0.15, 0.2) is 30.9 Å². The number of carbonyl (C=O) groups is 1. The maximum atomic E-state index is 12.6. The first-order valence-electron chi connectivity index (χ1n) is 6.41. The second-order valence-electron chi connectivity index (χ2n) is 4.93. The van der Waals surface area contributed by atoms with E-state index < -0.39 is 9.84 Å². The molecule has 4 nitrogen and oxygen atoms in total. The molecule has 1 atom stereocenters. The SMILES string of the molecule is C=CCN(C(=O)c1ccc(Cl)c(Cl)c1)C1CCS(=O)(=O)C1. The Hall–Kier alpha value is -1.04. The Morgan fingerprint density at radius 3 is 2.62 bits per heavy atom. The molecule has 0 aliphatic carbocycles. The number of benzene rings is 1. The van der Waals surface area contributed by atoms with E-state index in [1.54, 1.807) is 18.2 Å². The van der Waals surface area contributed by atoms with Gasteiger partial charge in [-0.3, -0.25) is 4.79 Å². The number of rotatable bonds is 4. The summed E-state index contributed by atoms with van der Waals surface area (Å²) in [5, 5.41) is 0.659. The number of hydrogen-bond acceptors (Lipinski definition) is 3. The van der Waals surface area contributed by atoms with Gasteiger partial charge in [0.15, 0.2) is 9.84 Å². The molecule has 1 fully saturated rings. The van der Waals surface area contributed by atoms with Crippen LogP contribution in [0.1, 0.15) is 16.8 Å². The highest BCUT2D eigenvalue weighted by molar-refractivity contribution is 7.91. The van der Waals surface area contributed by atoms with Crippen molar-refractivity contribution in [2.45, 2.75) is 12.5 Å². The Labute approximate surface area is 134 Å². The first-order chi connectivity index (χ1) is 9.84. The lowest BCUT2D eigenvalue weighted by molar-refractivity contribution is 0.0720. The first kappa shape index (κ1) is 16.3. The lowest BCUT2D eigenvalue weighted by Crippen LogP contribution is -2.41. The van der Waals surface area contributed by atoms with Crippen molar-refractivity contribution < 1.29 is 13.2 Å². The largest absolute Gasteiger partial charge is 0.331 e. The fraction of sp³-hybridized carbons (Fsp3) is 0.357. The number of halogens is 2. The van der Waals surface area contributed by atoms with Gasteiger partial charge in [-0.05, 0) is 24.6 Å². The van der Waals surface area contributed by atoms with Gasteiger partial charge in [-0.15, -0.1) is 6.58 Å². The summed E-state index contributed by atoms with van der Waals surface area (Å²) in [6, 6.07) is 4.30. The third kappa shape index (κ3) is 3.78. The molecule has 21 heavy (non-hydrogen) atoms. The summed E-state index contributed by atoms with van der Waals surface area (Å²) >= 11 is 11.8. The van der Waals surface area contributed by atoms with Crippen molar-refractivity contribution in [2.75, 3.05) is 18.1 Å². The molecule has 1 amide bonds. The summed E-state index contributed by atoms with van der Waals surface area (Å²) in [5.74, 6) is -0.163. The molecule has 1 aromatic carbocycles. The van der Waals surface area contributed by atoms with E-state index in [9.17, 15) is 13.2 Å². The molecule has 0 spiro atoms. The highest BCUT2D eigenvalue weighted by atomic mass is 35.5. The molecular weight excluding hydrogens is 333 g/mol. The highest BCUT2D eigenvalue weighted by Crippen LogP contribution is 2.25. The van der Waals surface area contributed by atoms with E-state index in [-0.39, 0.29) is 23.5 Å². The smallest absolute Gasteiger partial charge is 0.254 e. The van der Waals surface area contributed by atoms with Gasteiger partial charge in [0.25, 0.3) is 5.91 Å². The summed E-state index contributed by atoms with van der Waals surface area (Å²) in [4.78, 5) is 14.1. The number of carbonyl (C=O) groups excluding carboxylic acids is 1. The van der Waals surface area contributed by atoms with E-state index in [1.807, 2.05) is 0 Å². The molecular formula is C14H15Cl2NO3S. The van der Waals surface area contributed by atoms with Crippen LogP contribution in [0.5, 0.6) is 0 Å². The van der Waals surface area contributed by atoms with Crippen molar-refractivity contribution >= 4 is 38.9 Å². The van der Waals surface area contributed by atoms with E-state index >= 15 is 0 Å². The summed E-state index contributed by atoms with van der Waals surface area (Å²) < 4.78 is 23.2. The molecule has 0 saturated carbocycles. The van der Waals surface area contributed by atoms with Gasteiger partial charge in [-0.1, -0.05) is 29.3 Å². The zero-order chi connectivity index (χ0) is 15.6. The molecule has 7 heteroatoms. The summed E-state index contributed by atoms with van der Waals surface area (Å²) in [7, 11) is -3.06. The second-order valence-corrected chi connectivity index (χ2v) is 7.98. The van der Waals surface area contributed by atoms with Crippen LogP contribution in [0.25, 0.3) is 0 Å². The molecule has 2 rings (SSSR count). The molecule has 1 aliphatic rings. The molecule has 0 radical (unpaired) electrons.